The molecular weight excluding hydrogens is 288 g/mol. The van der Waals surface area contributed by atoms with Gasteiger partial charge in [0.15, 0.2) is 5.03 Å². The molecule has 3 fully saturated rings. The monoisotopic (exact) mass is 310 g/mol. The molecule has 1 aromatic heterocycles. The van der Waals surface area contributed by atoms with Crippen LogP contribution in [0.4, 0.5) is 0 Å². The zero-order chi connectivity index (χ0) is 14.8. The SMILES string of the molecule is Cn1nc(C2CC2)cc1S(=O)(=O)N1C[C@H]2CC(N)C[C@@H]2C1. The summed E-state index contributed by atoms with van der Waals surface area (Å²) in [6.07, 6.45) is 4.16. The molecule has 1 saturated heterocycles. The van der Waals surface area contributed by atoms with Crippen molar-refractivity contribution < 1.29 is 8.42 Å². The summed E-state index contributed by atoms with van der Waals surface area (Å²) in [7, 11) is -1.69. The summed E-state index contributed by atoms with van der Waals surface area (Å²) in [5.74, 6) is 1.34. The highest BCUT2D eigenvalue weighted by Crippen LogP contribution is 2.42. The quantitative estimate of drug-likeness (QED) is 0.889. The lowest BCUT2D eigenvalue weighted by Gasteiger charge is -2.17. The lowest BCUT2D eigenvalue weighted by molar-refractivity contribution is 0.429. The van der Waals surface area contributed by atoms with Crippen LogP contribution in [0.15, 0.2) is 11.1 Å². The highest BCUT2D eigenvalue weighted by atomic mass is 32.2. The van der Waals surface area contributed by atoms with E-state index in [0.717, 1.165) is 31.4 Å². The lowest BCUT2D eigenvalue weighted by atomic mass is 10.0. The predicted octanol–water partition coefficient (Wildman–Crippen LogP) is 0.655. The van der Waals surface area contributed by atoms with Crippen molar-refractivity contribution in [2.45, 2.75) is 42.7 Å². The Kier molecular flexibility index (Phi) is 2.96. The van der Waals surface area contributed by atoms with Gasteiger partial charge in [0.2, 0.25) is 0 Å². The van der Waals surface area contributed by atoms with Crippen LogP contribution >= 0.6 is 0 Å². The minimum atomic E-state index is -3.42. The first-order valence-electron chi connectivity index (χ1n) is 7.75. The topological polar surface area (TPSA) is 81.2 Å². The van der Waals surface area contributed by atoms with E-state index in [9.17, 15) is 8.42 Å². The Hall–Kier alpha value is -0.920. The summed E-state index contributed by atoms with van der Waals surface area (Å²) < 4.78 is 28.9. The number of rotatable bonds is 3. The van der Waals surface area contributed by atoms with Gasteiger partial charge in [-0.3, -0.25) is 4.68 Å². The van der Waals surface area contributed by atoms with E-state index in [4.69, 9.17) is 5.73 Å². The lowest BCUT2D eigenvalue weighted by Crippen LogP contribution is -2.32. The fourth-order valence-corrected chi connectivity index (χ4v) is 5.61. The first-order chi connectivity index (χ1) is 9.95. The van der Waals surface area contributed by atoms with Crippen LogP contribution < -0.4 is 5.73 Å². The van der Waals surface area contributed by atoms with Crippen molar-refractivity contribution in [3.63, 3.8) is 0 Å². The highest BCUT2D eigenvalue weighted by molar-refractivity contribution is 7.89. The van der Waals surface area contributed by atoms with E-state index >= 15 is 0 Å². The number of fused-ring (bicyclic) bond motifs is 1. The average Bonchev–Trinajstić information content (AvgIpc) is 2.92. The Balaban J connectivity index is 1.59. The van der Waals surface area contributed by atoms with Crippen molar-refractivity contribution in [1.82, 2.24) is 14.1 Å². The first-order valence-corrected chi connectivity index (χ1v) is 9.19. The van der Waals surface area contributed by atoms with E-state index in [-0.39, 0.29) is 6.04 Å². The summed E-state index contributed by atoms with van der Waals surface area (Å²) >= 11 is 0. The number of nitrogens with two attached hydrogens (primary N) is 1. The molecule has 2 heterocycles. The zero-order valence-electron chi connectivity index (χ0n) is 12.3. The number of aromatic nitrogens is 2. The summed E-state index contributed by atoms with van der Waals surface area (Å²) in [5.41, 5.74) is 6.90. The van der Waals surface area contributed by atoms with Gasteiger partial charge in [-0.2, -0.15) is 9.40 Å². The third-order valence-corrected chi connectivity index (χ3v) is 7.10. The molecule has 3 aliphatic rings. The molecule has 7 heteroatoms. The second-order valence-electron chi connectivity index (χ2n) is 6.88. The molecule has 0 aromatic carbocycles. The van der Waals surface area contributed by atoms with Gasteiger partial charge >= 0.3 is 0 Å². The molecule has 1 aliphatic heterocycles. The molecule has 1 aromatic rings. The predicted molar refractivity (Wildman–Crippen MR) is 78.1 cm³/mol. The standard InChI is InChI=1S/C14H22N4O2S/c1-17-14(6-13(16-17)9-2-3-9)21(19,20)18-7-10-4-12(15)5-11(10)8-18/h6,9-12H,2-5,7-8,15H2,1H3/t10-,11-/m1/s1. The normalized spacial score (nSPS) is 31.0. The summed E-state index contributed by atoms with van der Waals surface area (Å²) in [4.78, 5) is 0. The van der Waals surface area contributed by atoms with Crippen LogP contribution in [0, 0.1) is 11.8 Å². The smallest absolute Gasteiger partial charge is 0.260 e. The summed E-state index contributed by atoms with van der Waals surface area (Å²) in [6.45, 7) is 1.23. The molecule has 2 atom stereocenters. The molecule has 116 valence electrons. The van der Waals surface area contributed by atoms with Crippen molar-refractivity contribution in [1.29, 1.82) is 0 Å². The Bertz CT molecular complexity index is 651. The van der Waals surface area contributed by atoms with Crippen molar-refractivity contribution in [2.24, 2.45) is 24.6 Å². The van der Waals surface area contributed by atoms with Gasteiger partial charge in [0, 0.05) is 38.2 Å². The maximum absolute atomic E-state index is 12.9. The van der Waals surface area contributed by atoms with Crippen LogP contribution in [0.2, 0.25) is 0 Å². The van der Waals surface area contributed by atoms with E-state index in [0.29, 0.717) is 35.9 Å². The number of hydrogen-bond acceptors (Lipinski definition) is 4. The van der Waals surface area contributed by atoms with Gasteiger partial charge in [0.1, 0.15) is 0 Å². The molecule has 21 heavy (non-hydrogen) atoms. The molecule has 6 nitrogen and oxygen atoms in total. The van der Waals surface area contributed by atoms with Gasteiger partial charge in [-0.15, -0.1) is 0 Å². The molecule has 0 unspecified atom stereocenters. The van der Waals surface area contributed by atoms with Gasteiger partial charge in [0.05, 0.1) is 5.69 Å². The van der Waals surface area contributed by atoms with Crippen LogP contribution in [0.5, 0.6) is 0 Å². The van der Waals surface area contributed by atoms with Gasteiger partial charge in [0.25, 0.3) is 10.0 Å². The molecule has 0 spiro atoms. The zero-order valence-corrected chi connectivity index (χ0v) is 13.1. The number of aryl methyl sites for hydroxylation is 1. The third kappa shape index (κ3) is 2.22. The third-order valence-electron chi connectivity index (χ3n) is 5.21. The summed E-state index contributed by atoms with van der Waals surface area (Å²) in [5, 5.41) is 4.73. The maximum atomic E-state index is 12.9. The van der Waals surface area contributed by atoms with Crippen LogP contribution in [0.1, 0.15) is 37.3 Å². The van der Waals surface area contributed by atoms with E-state index in [2.05, 4.69) is 5.10 Å². The van der Waals surface area contributed by atoms with Crippen molar-refractivity contribution in [3.8, 4) is 0 Å². The molecule has 0 bridgehead atoms. The van der Waals surface area contributed by atoms with Crippen LogP contribution in [0.25, 0.3) is 0 Å². The Morgan fingerprint density at radius 3 is 2.43 bits per heavy atom. The maximum Gasteiger partial charge on any atom is 0.260 e. The van der Waals surface area contributed by atoms with Gasteiger partial charge in [-0.25, -0.2) is 8.42 Å². The van der Waals surface area contributed by atoms with Crippen LogP contribution in [0.3, 0.4) is 0 Å². The Morgan fingerprint density at radius 1 is 1.24 bits per heavy atom. The molecular formula is C14H22N4O2S. The minimum absolute atomic E-state index is 0.253. The molecule has 2 aliphatic carbocycles. The molecule has 0 radical (unpaired) electrons. The van der Waals surface area contributed by atoms with Crippen molar-refractivity contribution >= 4 is 10.0 Å². The highest BCUT2D eigenvalue weighted by Gasteiger charge is 2.44. The Labute approximate surface area is 125 Å². The number of nitrogens with zero attached hydrogens (tertiary/aromatic N) is 3. The van der Waals surface area contributed by atoms with Gasteiger partial charge in [-0.05, 0) is 37.5 Å². The Morgan fingerprint density at radius 2 is 1.86 bits per heavy atom. The van der Waals surface area contributed by atoms with Gasteiger partial charge in [-0.1, -0.05) is 0 Å². The second kappa shape index (κ2) is 4.54. The van der Waals surface area contributed by atoms with E-state index in [1.165, 1.54) is 4.68 Å². The van der Waals surface area contributed by atoms with E-state index < -0.39 is 10.0 Å². The minimum Gasteiger partial charge on any atom is -0.328 e. The van der Waals surface area contributed by atoms with Crippen LogP contribution in [-0.4, -0.2) is 41.6 Å². The molecule has 0 amide bonds. The van der Waals surface area contributed by atoms with Crippen molar-refractivity contribution in [2.75, 3.05) is 13.1 Å². The van der Waals surface area contributed by atoms with Gasteiger partial charge < -0.3 is 5.73 Å². The molecule has 2 N–H and O–H groups in total. The fraction of sp³-hybridized carbons (Fsp3) is 0.786. The molecule has 4 rings (SSSR count). The van der Waals surface area contributed by atoms with Crippen molar-refractivity contribution in [3.05, 3.63) is 11.8 Å². The second-order valence-corrected chi connectivity index (χ2v) is 8.76. The summed E-state index contributed by atoms with van der Waals surface area (Å²) in [6, 6.07) is 2.02. The number of sulfonamides is 1. The molecule has 2 saturated carbocycles. The fourth-order valence-electron chi connectivity index (χ4n) is 3.92. The van der Waals surface area contributed by atoms with Crippen LogP contribution in [-0.2, 0) is 17.1 Å². The largest absolute Gasteiger partial charge is 0.328 e. The first kappa shape index (κ1) is 13.7. The number of hydrogen-bond donors (Lipinski definition) is 1. The van der Waals surface area contributed by atoms with E-state index in [1.54, 1.807) is 17.4 Å². The van der Waals surface area contributed by atoms with E-state index in [1.807, 2.05) is 0 Å². The average molecular weight is 310 g/mol.